The molecule has 0 aliphatic carbocycles. The molecule has 0 bridgehead atoms. The molecule has 0 amide bonds. The molecule has 0 fully saturated rings. The van der Waals surface area contributed by atoms with Crippen LogP contribution in [-0.4, -0.2) is 16.1 Å². The van der Waals surface area contributed by atoms with Crippen LogP contribution in [0.1, 0.15) is 16.1 Å². The fourth-order valence-electron chi connectivity index (χ4n) is 2.21. The molecule has 0 radical (unpaired) electrons. The number of carboxylic acids is 1. The van der Waals surface area contributed by atoms with Gasteiger partial charge < -0.3 is 20.6 Å². The molecule has 0 unspecified atom stereocenters. The number of hydrogen-bond donors (Lipinski definition) is 3. The van der Waals surface area contributed by atoms with E-state index in [1.807, 2.05) is 24.3 Å². The molecule has 0 atom stereocenters. The van der Waals surface area contributed by atoms with Crippen LogP contribution in [0.5, 0.6) is 5.75 Å². The van der Waals surface area contributed by atoms with E-state index in [1.54, 1.807) is 6.07 Å². The number of hydrogen-bond acceptors (Lipinski definition) is 3. The lowest BCUT2D eigenvalue weighted by Crippen LogP contribution is -2.02. The highest BCUT2D eigenvalue weighted by Crippen LogP contribution is 2.25. The second-order valence-electron chi connectivity index (χ2n) is 4.87. The Balaban J connectivity index is 1.77. The van der Waals surface area contributed by atoms with E-state index >= 15 is 0 Å². The van der Waals surface area contributed by atoms with Gasteiger partial charge in [0.1, 0.15) is 12.4 Å². The van der Waals surface area contributed by atoms with Crippen LogP contribution in [0.15, 0.2) is 42.5 Å². The van der Waals surface area contributed by atoms with E-state index in [0.29, 0.717) is 23.1 Å². The van der Waals surface area contributed by atoms with Gasteiger partial charge in [-0.25, -0.2) is 4.79 Å². The van der Waals surface area contributed by atoms with Gasteiger partial charge in [-0.2, -0.15) is 0 Å². The maximum Gasteiger partial charge on any atom is 0.335 e. The standard InChI is InChI=1S/C16H13ClN2O3/c17-11-2-3-14-10(5-11)6-12(19-14)8-22-15-4-1-9(16(20)21)7-13(15)18/h1-7,19H,8,18H2,(H,20,21). The molecule has 0 saturated carbocycles. The number of carbonyl (C=O) groups is 1. The molecule has 112 valence electrons. The quantitative estimate of drug-likeness (QED) is 0.641. The molecule has 3 rings (SSSR count). The van der Waals surface area contributed by atoms with Gasteiger partial charge in [0.2, 0.25) is 0 Å². The van der Waals surface area contributed by atoms with Gasteiger partial charge in [0, 0.05) is 15.9 Å². The number of rotatable bonds is 4. The summed E-state index contributed by atoms with van der Waals surface area (Å²) >= 11 is 5.95. The first kappa shape index (κ1) is 14.3. The highest BCUT2D eigenvalue weighted by atomic mass is 35.5. The Hall–Kier alpha value is -2.66. The normalized spacial score (nSPS) is 10.8. The zero-order valence-electron chi connectivity index (χ0n) is 11.5. The molecule has 6 heteroatoms. The second kappa shape index (κ2) is 5.61. The Kier molecular flexibility index (Phi) is 3.65. The third kappa shape index (κ3) is 2.84. The number of aromatic carboxylic acids is 1. The van der Waals surface area contributed by atoms with Crippen LogP contribution < -0.4 is 10.5 Å². The van der Waals surface area contributed by atoms with Crippen molar-refractivity contribution in [3.05, 3.63) is 58.7 Å². The monoisotopic (exact) mass is 316 g/mol. The number of fused-ring (bicyclic) bond motifs is 1. The number of aromatic amines is 1. The summed E-state index contributed by atoms with van der Waals surface area (Å²) in [6.45, 7) is 0.295. The smallest absolute Gasteiger partial charge is 0.335 e. The van der Waals surface area contributed by atoms with E-state index in [4.69, 9.17) is 27.2 Å². The number of H-pyrrole nitrogens is 1. The minimum atomic E-state index is -1.02. The number of halogens is 1. The lowest BCUT2D eigenvalue weighted by atomic mass is 10.2. The van der Waals surface area contributed by atoms with Gasteiger partial charge >= 0.3 is 5.97 Å². The first-order chi connectivity index (χ1) is 10.5. The van der Waals surface area contributed by atoms with Crippen molar-refractivity contribution in [2.24, 2.45) is 0 Å². The molecule has 4 N–H and O–H groups in total. The van der Waals surface area contributed by atoms with E-state index < -0.39 is 5.97 Å². The van der Waals surface area contributed by atoms with Crippen LogP contribution in [0.25, 0.3) is 10.9 Å². The average Bonchev–Trinajstić information content (AvgIpc) is 2.87. The van der Waals surface area contributed by atoms with Crippen LogP contribution in [0.4, 0.5) is 5.69 Å². The second-order valence-corrected chi connectivity index (χ2v) is 5.31. The highest BCUT2D eigenvalue weighted by Gasteiger charge is 2.08. The summed E-state index contributed by atoms with van der Waals surface area (Å²) in [7, 11) is 0. The maximum atomic E-state index is 10.9. The van der Waals surface area contributed by atoms with Gasteiger partial charge in [-0.3, -0.25) is 0 Å². The zero-order chi connectivity index (χ0) is 15.7. The first-order valence-corrected chi connectivity index (χ1v) is 6.93. The summed E-state index contributed by atoms with van der Waals surface area (Å²) in [4.78, 5) is 14.1. The Morgan fingerprint density at radius 3 is 2.77 bits per heavy atom. The van der Waals surface area contributed by atoms with Crippen molar-refractivity contribution in [3.8, 4) is 5.75 Å². The highest BCUT2D eigenvalue weighted by molar-refractivity contribution is 6.31. The number of anilines is 1. The van der Waals surface area contributed by atoms with Crippen molar-refractivity contribution < 1.29 is 14.6 Å². The third-order valence-corrected chi connectivity index (χ3v) is 3.51. The molecule has 0 saturated heterocycles. The molecular formula is C16H13ClN2O3. The number of aromatic nitrogens is 1. The van der Waals surface area contributed by atoms with Crippen LogP contribution >= 0.6 is 11.6 Å². The minimum Gasteiger partial charge on any atom is -0.485 e. The Labute approximate surface area is 131 Å². The van der Waals surface area contributed by atoms with Gasteiger partial charge in [0.05, 0.1) is 16.9 Å². The van der Waals surface area contributed by atoms with Gasteiger partial charge in [-0.15, -0.1) is 0 Å². The number of nitrogen functional groups attached to an aromatic ring is 1. The molecule has 3 aromatic rings. The van der Waals surface area contributed by atoms with Crippen molar-refractivity contribution in [3.63, 3.8) is 0 Å². The molecule has 0 aliphatic rings. The minimum absolute atomic E-state index is 0.130. The number of carboxylic acid groups (broad SMARTS) is 1. The zero-order valence-corrected chi connectivity index (χ0v) is 12.2. The molecule has 2 aromatic carbocycles. The molecule has 5 nitrogen and oxygen atoms in total. The first-order valence-electron chi connectivity index (χ1n) is 6.56. The Bertz CT molecular complexity index is 858. The molecule has 22 heavy (non-hydrogen) atoms. The van der Waals surface area contributed by atoms with E-state index in [-0.39, 0.29) is 5.56 Å². The van der Waals surface area contributed by atoms with Crippen molar-refractivity contribution in [2.45, 2.75) is 6.61 Å². The van der Waals surface area contributed by atoms with Crippen LogP contribution in [-0.2, 0) is 6.61 Å². The van der Waals surface area contributed by atoms with E-state index in [0.717, 1.165) is 16.6 Å². The summed E-state index contributed by atoms with van der Waals surface area (Å²) in [5.41, 5.74) is 8.07. The van der Waals surface area contributed by atoms with Gasteiger partial charge in [0.15, 0.2) is 0 Å². The predicted molar refractivity (Wildman–Crippen MR) is 85.5 cm³/mol. The van der Waals surface area contributed by atoms with Gasteiger partial charge in [-0.1, -0.05) is 11.6 Å². The van der Waals surface area contributed by atoms with E-state index in [1.165, 1.54) is 12.1 Å². The van der Waals surface area contributed by atoms with Crippen molar-refractivity contribution in [1.82, 2.24) is 4.98 Å². The fraction of sp³-hybridized carbons (Fsp3) is 0.0625. The van der Waals surface area contributed by atoms with Gasteiger partial charge in [0.25, 0.3) is 0 Å². The van der Waals surface area contributed by atoms with Crippen LogP contribution in [0.2, 0.25) is 5.02 Å². The largest absolute Gasteiger partial charge is 0.485 e. The average molecular weight is 317 g/mol. The van der Waals surface area contributed by atoms with Crippen LogP contribution in [0.3, 0.4) is 0 Å². The molecule has 0 spiro atoms. The van der Waals surface area contributed by atoms with Crippen molar-refractivity contribution in [1.29, 1.82) is 0 Å². The number of nitrogens with two attached hydrogens (primary N) is 1. The number of ether oxygens (including phenoxy) is 1. The van der Waals surface area contributed by atoms with E-state index in [9.17, 15) is 4.79 Å². The summed E-state index contributed by atoms with van der Waals surface area (Å²) in [6.07, 6.45) is 0. The molecular weight excluding hydrogens is 304 g/mol. The summed E-state index contributed by atoms with van der Waals surface area (Å²) < 4.78 is 5.64. The summed E-state index contributed by atoms with van der Waals surface area (Å²) in [5.74, 6) is -0.576. The maximum absolute atomic E-state index is 10.9. The third-order valence-electron chi connectivity index (χ3n) is 3.28. The fourth-order valence-corrected chi connectivity index (χ4v) is 2.39. The number of nitrogens with one attached hydrogen (secondary N) is 1. The Morgan fingerprint density at radius 2 is 2.05 bits per heavy atom. The topological polar surface area (TPSA) is 88.3 Å². The summed E-state index contributed by atoms with van der Waals surface area (Å²) in [5, 5.41) is 10.6. The lowest BCUT2D eigenvalue weighted by Gasteiger charge is -2.08. The van der Waals surface area contributed by atoms with Crippen molar-refractivity contribution in [2.75, 3.05) is 5.73 Å². The molecule has 0 aliphatic heterocycles. The van der Waals surface area contributed by atoms with Gasteiger partial charge in [-0.05, 0) is 42.5 Å². The summed E-state index contributed by atoms with van der Waals surface area (Å²) in [6, 6.07) is 11.9. The number of benzene rings is 2. The van der Waals surface area contributed by atoms with Crippen molar-refractivity contribution >= 4 is 34.2 Å². The van der Waals surface area contributed by atoms with E-state index in [2.05, 4.69) is 4.98 Å². The van der Waals surface area contributed by atoms with Crippen LogP contribution in [0, 0.1) is 0 Å². The predicted octanol–water partition coefficient (Wildman–Crippen LogP) is 3.68. The lowest BCUT2D eigenvalue weighted by molar-refractivity contribution is 0.0697. The molecule has 1 aromatic heterocycles. The SMILES string of the molecule is Nc1cc(C(=O)O)ccc1OCc1cc2cc(Cl)ccc2[nH]1. The molecule has 1 heterocycles. The Morgan fingerprint density at radius 1 is 1.23 bits per heavy atom.